The third kappa shape index (κ3) is 2.23. The molecule has 0 radical (unpaired) electrons. The molecule has 0 aliphatic rings. The number of carbonyl (C=O) groups is 1. The Balaban J connectivity index is 2.23. The first kappa shape index (κ1) is 10.7. The first-order chi connectivity index (χ1) is 7.66. The number of hydrogen-bond donors (Lipinski definition) is 1. The van der Waals surface area contributed by atoms with Crippen LogP contribution in [0.25, 0.3) is 0 Å². The fourth-order valence-corrected chi connectivity index (χ4v) is 2.20. The number of carboxylic acids is 1. The monoisotopic (exact) mass is 234 g/mol. The number of benzene rings is 1. The summed E-state index contributed by atoms with van der Waals surface area (Å²) in [6.45, 7) is 1.76. The van der Waals surface area contributed by atoms with Gasteiger partial charge in [-0.2, -0.15) is 0 Å². The van der Waals surface area contributed by atoms with E-state index in [0.29, 0.717) is 15.7 Å². The van der Waals surface area contributed by atoms with Gasteiger partial charge < -0.3 is 9.84 Å². The summed E-state index contributed by atoms with van der Waals surface area (Å²) in [6, 6.07) is 11.0. The molecule has 16 heavy (non-hydrogen) atoms. The summed E-state index contributed by atoms with van der Waals surface area (Å²) >= 11 is 1.14. The van der Waals surface area contributed by atoms with E-state index in [1.165, 1.54) is 0 Å². The van der Waals surface area contributed by atoms with Crippen LogP contribution in [-0.4, -0.2) is 11.1 Å². The van der Waals surface area contributed by atoms with Crippen molar-refractivity contribution in [2.75, 3.05) is 0 Å². The van der Waals surface area contributed by atoms with Gasteiger partial charge >= 0.3 is 5.97 Å². The van der Waals surface area contributed by atoms with E-state index in [2.05, 4.69) is 0 Å². The highest BCUT2D eigenvalue weighted by Gasteiger charge is 2.13. The predicted molar refractivity (Wildman–Crippen MR) is 62.5 cm³/mol. The molecule has 1 aromatic heterocycles. The standard InChI is InChI=1S/C12H10O3S/c1-8-7-10(16-11(8)12(13)14)15-9-5-3-2-4-6-9/h2-7H,1H3,(H,13,14). The maximum absolute atomic E-state index is 10.8. The zero-order valence-corrected chi connectivity index (χ0v) is 9.45. The van der Waals surface area contributed by atoms with Crippen molar-refractivity contribution in [1.82, 2.24) is 0 Å². The highest BCUT2D eigenvalue weighted by molar-refractivity contribution is 7.15. The summed E-state index contributed by atoms with van der Waals surface area (Å²) in [6.07, 6.45) is 0. The number of aryl methyl sites for hydroxylation is 1. The Morgan fingerprint density at radius 3 is 2.56 bits per heavy atom. The summed E-state index contributed by atoms with van der Waals surface area (Å²) in [5.74, 6) is -0.203. The van der Waals surface area contributed by atoms with Crippen LogP contribution in [0.4, 0.5) is 0 Å². The molecule has 0 unspecified atom stereocenters. The molecule has 3 nitrogen and oxygen atoms in total. The molecule has 82 valence electrons. The van der Waals surface area contributed by atoms with Crippen molar-refractivity contribution >= 4 is 17.3 Å². The van der Waals surface area contributed by atoms with Crippen molar-refractivity contribution in [1.29, 1.82) is 0 Å². The summed E-state index contributed by atoms with van der Waals surface area (Å²) < 4.78 is 5.55. The van der Waals surface area contributed by atoms with Crippen LogP contribution in [0.5, 0.6) is 10.8 Å². The van der Waals surface area contributed by atoms with Crippen molar-refractivity contribution in [3.63, 3.8) is 0 Å². The maximum Gasteiger partial charge on any atom is 0.346 e. The lowest BCUT2D eigenvalue weighted by atomic mass is 10.3. The minimum absolute atomic E-state index is 0.325. The van der Waals surface area contributed by atoms with E-state index < -0.39 is 5.97 Å². The molecule has 0 atom stereocenters. The lowest BCUT2D eigenvalue weighted by Crippen LogP contribution is -1.93. The summed E-state index contributed by atoms with van der Waals surface area (Å²) in [7, 11) is 0. The molecule has 1 N–H and O–H groups in total. The average Bonchev–Trinajstić information content (AvgIpc) is 2.61. The Kier molecular flexibility index (Phi) is 2.92. The topological polar surface area (TPSA) is 46.5 Å². The molecule has 1 aromatic carbocycles. The molecular formula is C12H10O3S. The Morgan fingerprint density at radius 2 is 2.00 bits per heavy atom. The molecule has 0 bridgehead atoms. The Labute approximate surface area is 96.9 Å². The van der Waals surface area contributed by atoms with Gasteiger partial charge in [-0.1, -0.05) is 29.5 Å². The largest absolute Gasteiger partial charge is 0.477 e. The number of rotatable bonds is 3. The van der Waals surface area contributed by atoms with Crippen LogP contribution in [0.3, 0.4) is 0 Å². The molecule has 1 heterocycles. The molecule has 0 aliphatic carbocycles. The van der Waals surface area contributed by atoms with Crippen LogP contribution in [0.1, 0.15) is 15.2 Å². The number of carboxylic acid groups (broad SMARTS) is 1. The minimum atomic E-state index is -0.912. The van der Waals surface area contributed by atoms with E-state index in [9.17, 15) is 4.79 Å². The van der Waals surface area contributed by atoms with Gasteiger partial charge in [0.05, 0.1) is 0 Å². The van der Waals surface area contributed by atoms with E-state index in [4.69, 9.17) is 9.84 Å². The van der Waals surface area contributed by atoms with E-state index >= 15 is 0 Å². The van der Waals surface area contributed by atoms with Crippen molar-refractivity contribution < 1.29 is 14.6 Å². The predicted octanol–water partition coefficient (Wildman–Crippen LogP) is 3.55. The van der Waals surface area contributed by atoms with Crippen molar-refractivity contribution in [3.8, 4) is 10.8 Å². The van der Waals surface area contributed by atoms with Crippen LogP contribution >= 0.6 is 11.3 Å². The first-order valence-electron chi connectivity index (χ1n) is 4.73. The van der Waals surface area contributed by atoms with Gasteiger partial charge in [0, 0.05) is 0 Å². The SMILES string of the molecule is Cc1cc(Oc2ccccc2)sc1C(=O)O. The lowest BCUT2D eigenvalue weighted by molar-refractivity contribution is 0.0701. The van der Waals surface area contributed by atoms with E-state index in [1.807, 2.05) is 30.3 Å². The third-order valence-corrected chi connectivity index (χ3v) is 3.15. The number of thiophene rings is 1. The smallest absolute Gasteiger partial charge is 0.346 e. The van der Waals surface area contributed by atoms with E-state index in [0.717, 1.165) is 16.9 Å². The quantitative estimate of drug-likeness (QED) is 0.883. The van der Waals surface area contributed by atoms with E-state index in [-0.39, 0.29) is 0 Å². The van der Waals surface area contributed by atoms with Crippen LogP contribution in [0, 0.1) is 6.92 Å². The van der Waals surface area contributed by atoms with Gasteiger partial charge in [-0.3, -0.25) is 0 Å². The molecular weight excluding hydrogens is 224 g/mol. The Morgan fingerprint density at radius 1 is 1.31 bits per heavy atom. The lowest BCUT2D eigenvalue weighted by Gasteiger charge is -2.00. The van der Waals surface area contributed by atoms with Gasteiger partial charge in [0.25, 0.3) is 0 Å². The first-order valence-corrected chi connectivity index (χ1v) is 5.55. The summed E-state index contributed by atoms with van der Waals surface area (Å²) in [4.78, 5) is 11.2. The number of ether oxygens (including phenoxy) is 1. The van der Waals surface area contributed by atoms with Gasteiger partial charge in [-0.25, -0.2) is 4.79 Å². The number of hydrogen-bond acceptors (Lipinski definition) is 3. The zero-order chi connectivity index (χ0) is 11.5. The summed E-state index contributed by atoms with van der Waals surface area (Å²) in [5.41, 5.74) is 0.725. The Hall–Kier alpha value is -1.81. The van der Waals surface area contributed by atoms with Gasteiger partial charge in [-0.15, -0.1) is 0 Å². The highest BCUT2D eigenvalue weighted by atomic mass is 32.1. The molecule has 0 saturated heterocycles. The molecule has 0 amide bonds. The van der Waals surface area contributed by atoms with Gasteiger partial charge in [0.15, 0.2) is 5.06 Å². The molecule has 4 heteroatoms. The van der Waals surface area contributed by atoms with E-state index in [1.54, 1.807) is 13.0 Å². The molecule has 2 rings (SSSR count). The normalized spacial score (nSPS) is 10.1. The van der Waals surface area contributed by atoms with Crippen molar-refractivity contribution in [2.24, 2.45) is 0 Å². The van der Waals surface area contributed by atoms with Crippen LogP contribution in [0.2, 0.25) is 0 Å². The van der Waals surface area contributed by atoms with Crippen LogP contribution in [-0.2, 0) is 0 Å². The molecule has 0 aliphatic heterocycles. The maximum atomic E-state index is 10.8. The van der Waals surface area contributed by atoms with Gasteiger partial charge in [0.2, 0.25) is 0 Å². The van der Waals surface area contributed by atoms with Gasteiger partial charge in [-0.05, 0) is 30.7 Å². The number of para-hydroxylation sites is 1. The van der Waals surface area contributed by atoms with Crippen molar-refractivity contribution in [3.05, 3.63) is 46.8 Å². The second-order valence-electron chi connectivity index (χ2n) is 3.30. The minimum Gasteiger partial charge on any atom is -0.477 e. The molecule has 2 aromatic rings. The molecule has 0 fully saturated rings. The summed E-state index contributed by atoms with van der Waals surface area (Å²) in [5, 5.41) is 9.50. The number of aromatic carboxylic acids is 1. The second kappa shape index (κ2) is 4.37. The molecule has 0 spiro atoms. The van der Waals surface area contributed by atoms with Gasteiger partial charge in [0.1, 0.15) is 10.6 Å². The zero-order valence-electron chi connectivity index (χ0n) is 8.64. The fraction of sp³-hybridized carbons (Fsp3) is 0.0833. The van der Waals surface area contributed by atoms with Crippen molar-refractivity contribution in [2.45, 2.75) is 6.92 Å². The Bertz CT molecular complexity index is 502. The highest BCUT2D eigenvalue weighted by Crippen LogP contribution is 2.32. The third-order valence-electron chi connectivity index (χ3n) is 2.05. The average molecular weight is 234 g/mol. The molecule has 0 saturated carbocycles. The van der Waals surface area contributed by atoms with Crippen LogP contribution in [0.15, 0.2) is 36.4 Å². The van der Waals surface area contributed by atoms with Crippen LogP contribution < -0.4 is 4.74 Å². The fourth-order valence-electron chi connectivity index (χ4n) is 1.32. The second-order valence-corrected chi connectivity index (χ2v) is 4.31.